The number of fused-ring (bicyclic) bond motifs is 1. The molecule has 8 nitrogen and oxygen atoms in total. The molecule has 4 heterocycles. The van der Waals surface area contributed by atoms with Crippen molar-refractivity contribution < 1.29 is 0 Å². The average Bonchev–Trinajstić information content (AvgIpc) is 3.68. The van der Waals surface area contributed by atoms with Gasteiger partial charge in [-0.25, -0.2) is 5.43 Å². The molecule has 0 unspecified atom stereocenters. The van der Waals surface area contributed by atoms with Crippen molar-refractivity contribution >= 4 is 46.6 Å². The van der Waals surface area contributed by atoms with Crippen LogP contribution in [0.15, 0.2) is 59.8 Å². The third-order valence-corrected chi connectivity index (χ3v) is 7.10. The molecule has 36 heavy (non-hydrogen) atoms. The van der Waals surface area contributed by atoms with Crippen molar-refractivity contribution in [1.29, 1.82) is 0 Å². The van der Waals surface area contributed by atoms with Gasteiger partial charge in [-0.05, 0) is 49.4 Å². The average molecular weight is 501 g/mol. The summed E-state index contributed by atoms with van der Waals surface area (Å²) in [6, 6.07) is 16.3. The van der Waals surface area contributed by atoms with E-state index in [9.17, 15) is 0 Å². The van der Waals surface area contributed by atoms with Gasteiger partial charge in [0, 0.05) is 60.4 Å². The number of nitrogens with one attached hydrogen (secondary N) is 1. The number of nitrogens with zero attached hydrogens (tertiary/aromatic N) is 7. The van der Waals surface area contributed by atoms with Gasteiger partial charge in [0.15, 0.2) is 0 Å². The fourth-order valence-electron chi connectivity index (χ4n) is 4.98. The molecular formula is C27H29ClN8. The second-order valence-corrected chi connectivity index (χ2v) is 9.81. The number of para-hydroxylation sites is 1. The van der Waals surface area contributed by atoms with E-state index in [0.717, 1.165) is 66.1 Å². The van der Waals surface area contributed by atoms with E-state index >= 15 is 0 Å². The highest BCUT2D eigenvalue weighted by atomic mass is 35.5. The van der Waals surface area contributed by atoms with E-state index in [-0.39, 0.29) is 0 Å². The van der Waals surface area contributed by atoms with Gasteiger partial charge in [-0.2, -0.15) is 20.1 Å². The van der Waals surface area contributed by atoms with E-state index in [1.165, 1.54) is 31.2 Å². The molecule has 0 radical (unpaired) electrons. The van der Waals surface area contributed by atoms with Gasteiger partial charge in [-0.1, -0.05) is 41.9 Å². The molecule has 2 fully saturated rings. The maximum atomic E-state index is 6.06. The molecule has 2 aliphatic rings. The number of hydrazone groups is 1. The Balaban J connectivity index is 1.26. The highest BCUT2D eigenvalue weighted by Gasteiger charge is 2.21. The van der Waals surface area contributed by atoms with Gasteiger partial charge in [-0.3, -0.25) is 0 Å². The summed E-state index contributed by atoms with van der Waals surface area (Å²) in [6.45, 7) is 4.70. The SMILES string of the molecule is Clc1ccc(Cn2cc(/C=N/Nc3nc(N4CCCC4)nc(N4CCCC4)n3)c3ccccc32)cc1. The highest BCUT2D eigenvalue weighted by Crippen LogP contribution is 2.24. The minimum Gasteiger partial charge on any atom is -0.342 e. The molecule has 4 aromatic rings. The molecule has 2 aromatic carbocycles. The topological polar surface area (TPSA) is 74.5 Å². The molecule has 0 spiro atoms. The Kier molecular flexibility index (Phi) is 6.42. The van der Waals surface area contributed by atoms with E-state index in [2.05, 4.69) is 77.5 Å². The van der Waals surface area contributed by atoms with Crippen molar-refractivity contribution in [2.75, 3.05) is 41.4 Å². The Labute approximate surface area is 215 Å². The van der Waals surface area contributed by atoms with Crippen LogP contribution in [0.25, 0.3) is 10.9 Å². The normalized spacial score (nSPS) is 16.0. The summed E-state index contributed by atoms with van der Waals surface area (Å²) < 4.78 is 2.24. The monoisotopic (exact) mass is 500 g/mol. The first-order chi connectivity index (χ1) is 17.7. The third kappa shape index (κ3) is 4.86. The van der Waals surface area contributed by atoms with Gasteiger partial charge >= 0.3 is 0 Å². The minimum atomic E-state index is 0.481. The number of benzene rings is 2. The molecule has 0 aliphatic carbocycles. The first-order valence-electron chi connectivity index (χ1n) is 12.6. The van der Waals surface area contributed by atoms with Gasteiger partial charge in [0.2, 0.25) is 17.8 Å². The van der Waals surface area contributed by atoms with Gasteiger partial charge < -0.3 is 14.4 Å². The zero-order valence-corrected chi connectivity index (χ0v) is 20.9. The Morgan fingerprint density at radius 2 is 1.47 bits per heavy atom. The lowest BCUT2D eigenvalue weighted by Crippen LogP contribution is -2.25. The summed E-state index contributed by atoms with van der Waals surface area (Å²) in [4.78, 5) is 18.6. The Hall–Kier alpha value is -3.65. The molecule has 9 heteroatoms. The summed E-state index contributed by atoms with van der Waals surface area (Å²) in [6.07, 6.45) is 8.66. The zero-order valence-electron chi connectivity index (χ0n) is 20.1. The molecule has 0 atom stereocenters. The molecule has 0 amide bonds. The molecule has 2 aliphatic heterocycles. The van der Waals surface area contributed by atoms with Crippen molar-refractivity contribution in [3.8, 4) is 0 Å². The van der Waals surface area contributed by atoms with Crippen molar-refractivity contribution in [1.82, 2.24) is 19.5 Å². The summed E-state index contributed by atoms with van der Waals surface area (Å²) >= 11 is 6.06. The van der Waals surface area contributed by atoms with E-state index in [1.807, 2.05) is 18.3 Å². The Morgan fingerprint density at radius 3 is 2.14 bits per heavy atom. The van der Waals surface area contributed by atoms with Crippen LogP contribution in [0.4, 0.5) is 17.8 Å². The summed E-state index contributed by atoms with van der Waals surface area (Å²) in [5.74, 6) is 1.96. The first kappa shape index (κ1) is 22.8. The number of hydrogen-bond acceptors (Lipinski definition) is 7. The summed E-state index contributed by atoms with van der Waals surface area (Å²) in [5.41, 5.74) is 6.45. The van der Waals surface area contributed by atoms with Gasteiger partial charge in [0.05, 0.1) is 6.21 Å². The number of aromatic nitrogens is 4. The maximum absolute atomic E-state index is 6.06. The third-order valence-electron chi connectivity index (χ3n) is 6.84. The largest absolute Gasteiger partial charge is 0.342 e. The van der Waals surface area contributed by atoms with Gasteiger partial charge in [0.25, 0.3) is 0 Å². The summed E-state index contributed by atoms with van der Waals surface area (Å²) in [7, 11) is 0. The molecule has 2 aromatic heterocycles. The van der Waals surface area contributed by atoms with Crippen LogP contribution < -0.4 is 15.2 Å². The predicted molar refractivity (Wildman–Crippen MR) is 146 cm³/mol. The van der Waals surface area contributed by atoms with Crippen LogP contribution in [0, 0.1) is 0 Å². The Morgan fingerprint density at radius 1 is 0.833 bits per heavy atom. The van der Waals surface area contributed by atoms with Crippen molar-refractivity contribution in [2.24, 2.45) is 5.10 Å². The smallest absolute Gasteiger partial charge is 0.250 e. The highest BCUT2D eigenvalue weighted by molar-refractivity contribution is 6.30. The van der Waals surface area contributed by atoms with Crippen LogP contribution >= 0.6 is 11.6 Å². The molecule has 1 N–H and O–H groups in total. The lowest BCUT2D eigenvalue weighted by atomic mass is 10.2. The molecule has 0 saturated carbocycles. The first-order valence-corrected chi connectivity index (χ1v) is 13.0. The maximum Gasteiger partial charge on any atom is 0.250 e. The van der Waals surface area contributed by atoms with Crippen molar-refractivity contribution in [3.05, 3.63) is 70.9 Å². The number of rotatable bonds is 7. The van der Waals surface area contributed by atoms with Crippen LogP contribution in [0.2, 0.25) is 5.02 Å². The van der Waals surface area contributed by atoms with E-state index in [0.29, 0.717) is 5.95 Å². The zero-order chi connectivity index (χ0) is 24.3. The van der Waals surface area contributed by atoms with Gasteiger partial charge in [-0.15, -0.1) is 0 Å². The number of halogens is 1. The van der Waals surface area contributed by atoms with E-state index < -0.39 is 0 Å². The van der Waals surface area contributed by atoms with Crippen LogP contribution in [0.3, 0.4) is 0 Å². The van der Waals surface area contributed by atoms with Crippen LogP contribution in [-0.4, -0.2) is 51.9 Å². The fourth-order valence-corrected chi connectivity index (χ4v) is 5.10. The predicted octanol–water partition coefficient (Wildman–Crippen LogP) is 5.17. The lowest BCUT2D eigenvalue weighted by molar-refractivity contribution is 0.836. The van der Waals surface area contributed by atoms with E-state index in [4.69, 9.17) is 16.6 Å². The van der Waals surface area contributed by atoms with Crippen molar-refractivity contribution in [2.45, 2.75) is 32.2 Å². The summed E-state index contributed by atoms with van der Waals surface area (Å²) in [5, 5.41) is 6.42. The quantitative estimate of drug-likeness (QED) is 0.278. The standard InChI is InChI=1S/C27H29ClN8/c28-22-11-9-20(10-12-22)18-36-19-21(23-7-1-2-8-24(23)36)17-29-33-25-30-26(34-13-3-4-14-34)32-27(31-25)35-15-5-6-16-35/h1-2,7-12,17,19H,3-6,13-16,18H2,(H,30,31,32,33)/b29-17+. The second-order valence-electron chi connectivity index (χ2n) is 9.37. The van der Waals surface area contributed by atoms with Crippen LogP contribution in [0.1, 0.15) is 36.8 Å². The van der Waals surface area contributed by atoms with Crippen molar-refractivity contribution in [3.63, 3.8) is 0 Å². The molecular weight excluding hydrogens is 472 g/mol. The fraction of sp³-hybridized carbons (Fsp3) is 0.333. The number of anilines is 3. The molecule has 0 bridgehead atoms. The van der Waals surface area contributed by atoms with Crippen LogP contribution in [-0.2, 0) is 6.54 Å². The van der Waals surface area contributed by atoms with E-state index in [1.54, 1.807) is 0 Å². The minimum absolute atomic E-state index is 0.481. The lowest BCUT2D eigenvalue weighted by Gasteiger charge is -2.20. The van der Waals surface area contributed by atoms with Gasteiger partial charge in [0.1, 0.15) is 0 Å². The molecule has 2 saturated heterocycles. The molecule has 184 valence electrons. The molecule has 6 rings (SSSR count). The van der Waals surface area contributed by atoms with Crippen LogP contribution in [0.5, 0.6) is 0 Å². The second kappa shape index (κ2) is 10.1. The number of hydrogen-bond donors (Lipinski definition) is 1. The Bertz CT molecular complexity index is 1330.